The van der Waals surface area contributed by atoms with E-state index in [-0.39, 0.29) is 11.9 Å². The summed E-state index contributed by atoms with van der Waals surface area (Å²) in [5.41, 5.74) is 6.24. The molecule has 2 rings (SSSR count). The molecule has 0 fully saturated rings. The van der Waals surface area contributed by atoms with Crippen LogP contribution in [0.4, 0.5) is 4.39 Å². The Kier molecular flexibility index (Phi) is 5.74. The van der Waals surface area contributed by atoms with Gasteiger partial charge in [0, 0.05) is 11.1 Å². The molecule has 2 aromatic carbocycles. The quantitative estimate of drug-likeness (QED) is 0.631. The standard InChI is InChI=1S/C17H20ClFN2/c1-2-12-3-5-13(6-4-12)9-16(21-20)10-14-7-8-15(19)11-17(14)18/h3-8,11,16,21H,2,9-10,20H2,1H3. The Morgan fingerprint density at radius 3 is 2.33 bits per heavy atom. The van der Waals surface area contributed by atoms with Gasteiger partial charge >= 0.3 is 0 Å². The molecule has 1 atom stereocenters. The van der Waals surface area contributed by atoms with Gasteiger partial charge in [0.1, 0.15) is 5.82 Å². The van der Waals surface area contributed by atoms with Crippen molar-refractivity contribution >= 4 is 11.6 Å². The predicted octanol–water partition coefficient (Wildman–Crippen LogP) is 3.66. The number of benzene rings is 2. The van der Waals surface area contributed by atoms with Crippen LogP contribution in [0.3, 0.4) is 0 Å². The van der Waals surface area contributed by atoms with Crippen molar-refractivity contribution in [1.82, 2.24) is 5.43 Å². The van der Waals surface area contributed by atoms with Crippen LogP contribution in [-0.4, -0.2) is 6.04 Å². The Balaban J connectivity index is 2.05. The van der Waals surface area contributed by atoms with Crippen molar-refractivity contribution in [2.75, 3.05) is 0 Å². The van der Waals surface area contributed by atoms with Crippen LogP contribution >= 0.6 is 11.6 Å². The lowest BCUT2D eigenvalue weighted by Crippen LogP contribution is -2.38. The Morgan fingerprint density at radius 1 is 1.10 bits per heavy atom. The largest absolute Gasteiger partial charge is 0.271 e. The fourth-order valence-corrected chi connectivity index (χ4v) is 2.58. The number of nitrogens with two attached hydrogens (primary N) is 1. The van der Waals surface area contributed by atoms with Gasteiger partial charge in [-0.15, -0.1) is 0 Å². The summed E-state index contributed by atoms with van der Waals surface area (Å²) in [5, 5.41) is 0.441. The highest BCUT2D eigenvalue weighted by atomic mass is 35.5. The normalized spacial score (nSPS) is 12.4. The van der Waals surface area contributed by atoms with Crippen molar-refractivity contribution in [3.05, 3.63) is 70.0 Å². The number of nitrogens with one attached hydrogen (secondary N) is 1. The number of hydrogen-bond acceptors (Lipinski definition) is 2. The van der Waals surface area contributed by atoms with Crippen LogP contribution in [0.25, 0.3) is 0 Å². The van der Waals surface area contributed by atoms with Gasteiger partial charge in [-0.2, -0.15) is 0 Å². The van der Waals surface area contributed by atoms with Crippen LogP contribution < -0.4 is 11.3 Å². The zero-order valence-corrected chi connectivity index (χ0v) is 12.8. The highest BCUT2D eigenvalue weighted by Gasteiger charge is 2.12. The molecule has 0 aliphatic heterocycles. The van der Waals surface area contributed by atoms with Gasteiger partial charge in [0.2, 0.25) is 0 Å². The van der Waals surface area contributed by atoms with Crippen molar-refractivity contribution in [3.8, 4) is 0 Å². The van der Waals surface area contributed by atoms with E-state index in [0.29, 0.717) is 11.4 Å². The van der Waals surface area contributed by atoms with Crippen molar-refractivity contribution in [2.24, 2.45) is 5.84 Å². The molecule has 0 aromatic heterocycles. The molecule has 0 aliphatic rings. The molecule has 0 aliphatic carbocycles. The molecule has 2 aromatic rings. The lowest BCUT2D eigenvalue weighted by atomic mass is 9.98. The summed E-state index contributed by atoms with van der Waals surface area (Å²) < 4.78 is 13.1. The number of halogens is 2. The Hall–Kier alpha value is -1.42. The summed E-state index contributed by atoms with van der Waals surface area (Å²) >= 11 is 6.06. The fraction of sp³-hybridized carbons (Fsp3) is 0.294. The third kappa shape index (κ3) is 4.53. The van der Waals surface area contributed by atoms with Gasteiger partial charge in [0.05, 0.1) is 0 Å². The van der Waals surface area contributed by atoms with Gasteiger partial charge in [-0.05, 0) is 48.1 Å². The minimum Gasteiger partial charge on any atom is -0.271 e. The fourth-order valence-electron chi connectivity index (χ4n) is 2.34. The molecule has 4 heteroatoms. The summed E-state index contributed by atoms with van der Waals surface area (Å²) in [7, 11) is 0. The van der Waals surface area contributed by atoms with E-state index < -0.39 is 0 Å². The first-order chi connectivity index (χ1) is 10.1. The number of rotatable bonds is 6. The Labute approximate surface area is 130 Å². The molecular weight excluding hydrogens is 287 g/mol. The van der Waals surface area contributed by atoms with Gasteiger partial charge in [0.15, 0.2) is 0 Å². The van der Waals surface area contributed by atoms with E-state index in [0.717, 1.165) is 18.4 Å². The Bertz CT molecular complexity index is 584. The molecule has 1 unspecified atom stereocenters. The minimum atomic E-state index is -0.323. The molecule has 21 heavy (non-hydrogen) atoms. The van der Waals surface area contributed by atoms with Gasteiger partial charge in [-0.1, -0.05) is 48.9 Å². The topological polar surface area (TPSA) is 38.0 Å². The molecule has 0 bridgehead atoms. The van der Waals surface area contributed by atoms with Crippen LogP contribution in [0.1, 0.15) is 23.6 Å². The lowest BCUT2D eigenvalue weighted by Gasteiger charge is -2.17. The van der Waals surface area contributed by atoms with Crippen molar-refractivity contribution in [3.63, 3.8) is 0 Å². The van der Waals surface area contributed by atoms with E-state index >= 15 is 0 Å². The van der Waals surface area contributed by atoms with Crippen molar-refractivity contribution in [1.29, 1.82) is 0 Å². The SMILES string of the molecule is CCc1ccc(CC(Cc2ccc(F)cc2Cl)NN)cc1. The molecule has 0 spiro atoms. The first kappa shape index (κ1) is 16.0. The van der Waals surface area contributed by atoms with Crippen LogP contribution in [0, 0.1) is 5.82 Å². The van der Waals surface area contributed by atoms with Gasteiger partial charge in [0.25, 0.3) is 0 Å². The molecule has 2 nitrogen and oxygen atoms in total. The van der Waals surface area contributed by atoms with E-state index in [1.165, 1.54) is 23.3 Å². The molecule has 0 heterocycles. The zero-order valence-electron chi connectivity index (χ0n) is 12.1. The first-order valence-corrected chi connectivity index (χ1v) is 7.48. The summed E-state index contributed by atoms with van der Waals surface area (Å²) in [5.74, 6) is 5.31. The maximum Gasteiger partial charge on any atom is 0.124 e. The van der Waals surface area contributed by atoms with Crippen molar-refractivity contribution in [2.45, 2.75) is 32.2 Å². The molecule has 3 N–H and O–H groups in total. The maximum atomic E-state index is 13.1. The molecule has 0 amide bonds. The van der Waals surface area contributed by atoms with E-state index in [1.807, 2.05) is 0 Å². The molecular formula is C17H20ClFN2. The smallest absolute Gasteiger partial charge is 0.124 e. The number of hydrogen-bond donors (Lipinski definition) is 2. The summed E-state index contributed by atoms with van der Waals surface area (Å²) in [6.45, 7) is 2.13. The van der Waals surface area contributed by atoms with E-state index in [4.69, 9.17) is 17.4 Å². The predicted molar refractivity (Wildman–Crippen MR) is 85.7 cm³/mol. The third-order valence-corrected chi connectivity index (χ3v) is 3.98. The first-order valence-electron chi connectivity index (χ1n) is 7.10. The maximum absolute atomic E-state index is 13.1. The second-order valence-electron chi connectivity index (χ2n) is 5.18. The van der Waals surface area contributed by atoms with E-state index in [1.54, 1.807) is 6.07 Å². The monoisotopic (exact) mass is 306 g/mol. The molecule has 0 saturated carbocycles. The summed E-state index contributed by atoms with van der Waals surface area (Å²) in [4.78, 5) is 0. The summed E-state index contributed by atoms with van der Waals surface area (Å²) in [6.07, 6.45) is 2.49. The lowest BCUT2D eigenvalue weighted by molar-refractivity contribution is 0.522. The zero-order chi connectivity index (χ0) is 15.2. The minimum absolute atomic E-state index is 0.0560. The Morgan fingerprint density at radius 2 is 1.76 bits per heavy atom. The number of aryl methyl sites for hydroxylation is 1. The van der Waals surface area contributed by atoms with E-state index in [9.17, 15) is 4.39 Å². The average Bonchev–Trinajstić information content (AvgIpc) is 2.49. The highest BCUT2D eigenvalue weighted by Crippen LogP contribution is 2.20. The van der Waals surface area contributed by atoms with Crippen molar-refractivity contribution < 1.29 is 4.39 Å². The number of hydrazine groups is 1. The molecule has 0 saturated heterocycles. The van der Waals surface area contributed by atoms with Crippen LogP contribution in [0.5, 0.6) is 0 Å². The van der Waals surface area contributed by atoms with E-state index in [2.05, 4.69) is 36.6 Å². The highest BCUT2D eigenvalue weighted by molar-refractivity contribution is 6.31. The van der Waals surface area contributed by atoms with Gasteiger partial charge in [-0.25, -0.2) is 4.39 Å². The second-order valence-corrected chi connectivity index (χ2v) is 5.58. The van der Waals surface area contributed by atoms with Crippen LogP contribution in [0.2, 0.25) is 5.02 Å². The third-order valence-electron chi connectivity index (χ3n) is 3.63. The molecule has 112 valence electrons. The second kappa shape index (κ2) is 7.55. The van der Waals surface area contributed by atoms with Crippen LogP contribution in [-0.2, 0) is 19.3 Å². The van der Waals surface area contributed by atoms with Gasteiger partial charge in [-0.3, -0.25) is 11.3 Å². The summed E-state index contributed by atoms with van der Waals surface area (Å²) in [6, 6.07) is 13.0. The average molecular weight is 307 g/mol. The van der Waals surface area contributed by atoms with Gasteiger partial charge < -0.3 is 0 Å². The van der Waals surface area contributed by atoms with Crippen LogP contribution in [0.15, 0.2) is 42.5 Å². The molecule has 0 radical (unpaired) electrons.